The molecule has 4 fully saturated rings. The van der Waals surface area contributed by atoms with Gasteiger partial charge in [0.15, 0.2) is 0 Å². The van der Waals surface area contributed by atoms with Crippen LogP contribution in [0.3, 0.4) is 0 Å². The van der Waals surface area contributed by atoms with Gasteiger partial charge in [0.25, 0.3) is 0 Å². The number of carboxylic acid groups (broad SMARTS) is 1. The number of rotatable bonds is 3. The minimum atomic E-state index is -0.733. The monoisotopic (exact) mass is 278 g/mol. The zero-order valence-electron chi connectivity index (χ0n) is 11.5. The van der Waals surface area contributed by atoms with Gasteiger partial charge in [-0.15, -0.1) is 0 Å². The first-order valence-electron chi connectivity index (χ1n) is 7.93. The summed E-state index contributed by atoms with van der Waals surface area (Å²) in [6, 6.07) is 0.351. The second-order valence-electron chi connectivity index (χ2n) is 7.18. The highest BCUT2D eigenvalue weighted by molar-refractivity contribution is 5.76. The van der Waals surface area contributed by atoms with Gasteiger partial charge in [-0.25, -0.2) is 4.79 Å². The van der Waals surface area contributed by atoms with Crippen LogP contribution in [0.15, 0.2) is 0 Å². The van der Waals surface area contributed by atoms with Gasteiger partial charge in [-0.3, -0.25) is 4.79 Å². The fourth-order valence-electron chi connectivity index (χ4n) is 5.23. The maximum atomic E-state index is 12.0. The predicted octanol–water partition coefficient (Wildman–Crippen LogP) is 1.58. The van der Waals surface area contributed by atoms with Crippen LogP contribution in [-0.4, -0.2) is 29.2 Å². The Bertz CT molecular complexity index is 436. The summed E-state index contributed by atoms with van der Waals surface area (Å²) in [6.07, 6.45) is 6.14. The molecule has 0 spiro atoms. The highest BCUT2D eigenvalue weighted by Crippen LogP contribution is 2.65. The van der Waals surface area contributed by atoms with E-state index in [1.165, 1.54) is 19.3 Å². The van der Waals surface area contributed by atoms with E-state index in [1.54, 1.807) is 0 Å². The molecule has 4 saturated carbocycles. The Hall–Kier alpha value is -1.26. The van der Waals surface area contributed by atoms with Crippen molar-refractivity contribution in [1.82, 2.24) is 10.6 Å². The molecule has 4 aliphatic rings. The quantitative estimate of drug-likeness (QED) is 0.733. The van der Waals surface area contributed by atoms with Crippen LogP contribution < -0.4 is 10.6 Å². The van der Waals surface area contributed by atoms with Crippen molar-refractivity contribution in [2.45, 2.75) is 50.6 Å². The number of nitrogens with one attached hydrogen (secondary N) is 2. The standard InChI is InChI=1S/C15H22N2O3/c18-14(19)9-3-4-10(6-9)16-15(20)17-13-11-7-1-2-8(5-7)12(11)13/h7-13H,1-6H2,(H,18,19)(H2,16,17,20)/t7?,8?,9-,10+,11?,12?,13?/m1/s1. The van der Waals surface area contributed by atoms with Crippen LogP contribution in [0, 0.1) is 29.6 Å². The van der Waals surface area contributed by atoms with Gasteiger partial charge >= 0.3 is 12.0 Å². The lowest BCUT2D eigenvalue weighted by Gasteiger charge is -2.15. The minimum Gasteiger partial charge on any atom is -0.481 e. The molecule has 0 aromatic carbocycles. The summed E-state index contributed by atoms with van der Waals surface area (Å²) < 4.78 is 0. The third-order valence-electron chi connectivity index (χ3n) is 6.15. The van der Waals surface area contributed by atoms with E-state index in [0.29, 0.717) is 18.9 Å². The molecule has 0 heterocycles. The number of hydrogen-bond acceptors (Lipinski definition) is 2. The van der Waals surface area contributed by atoms with E-state index >= 15 is 0 Å². The van der Waals surface area contributed by atoms with Gasteiger partial charge in [-0.05, 0) is 62.2 Å². The number of carbonyl (C=O) groups excluding carboxylic acids is 1. The lowest BCUT2D eigenvalue weighted by atomic mass is 10.0. The van der Waals surface area contributed by atoms with Gasteiger partial charge in [-0.1, -0.05) is 0 Å². The van der Waals surface area contributed by atoms with Gasteiger partial charge in [0.1, 0.15) is 0 Å². The molecule has 0 radical (unpaired) electrons. The molecule has 0 aromatic rings. The summed E-state index contributed by atoms with van der Waals surface area (Å²) in [4.78, 5) is 22.9. The third kappa shape index (κ3) is 1.90. The first kappa shape index (κ1) is 12.5. The lowest BCUT2D eigenvalue weighted by molar-refractivity contribution is -0.141. The predicted molar refractivity (Wildman–Crippen MR) is 72.0 cm³/mol. The second kappa shape index (κ2) is 4.37. The van der Waals surface area contributed by atoms with E-state index in [0.717, 1.165) is 30.1 Å². The van der Waals surface area contributed by atoms with Crippen LogP contribution in [-0.2, 0) is 4.79 Å². The minimum absolute atomic E-state index is 0.0337. The molecule has 2 amide bonds. The van der Waals surface area contributed by atoms with Crippen molar-refractivity contribution in [1.29, 1.82) is 0 Å². The molecule has 4 unspecified atom stereocenters. The molecule has 4 rings (SSSR count). The molecule has 5 heteroatoms. The van der Waals surface area contributed by atoms with Crippen LogP contribution in [0.5, 0.6) is 0 Å². The number of urea groups is 1. The van der Waals surface area contributed by atoms with E-state index < -0.39 is 5.97 Å². The van der Waals surface area contributed by atoms with E-state index in [9.17, 15) is 9.59 Å². The van der Waals surface area contributed by atoms with E-state index in [4.69, 9.17) is 5.11 Å². The lowest BCUT2D eigenvalue weighted by Crippen LogP contribution is -2.43. The fourth-order valence-corrected chi connectivity index (χ4v) is 5.23. The SMILES string of the molecule is O=C(NC1C2C3CCC(C3)C12)N[C@H]1CC[C@@H](C(=O)O)C1. The van der Waals surface area contributed by atoms with Crippen molar-refractivity contribution in [2.75, 3.05) is 0 Å². The number of aliphatic carboxylic acids is 1. The van der Waals surface area contributed by atoms with Gasteiger partial charge in [0.2, 0.25) is 0 Å². The molecule has 0 aliphatic heterocycles. The first-order chi connectivity index (χ1) is 9.63. The Balaban J connectivity index is 1.25. The maximum Gasteiger partial charge on any atom is 0.315 e. The second-order valence-corrected chi connectivity index (χ2v) is 7.18. The van der Waals surface area contributed by atoms with Gasteiger partial charge in [0.05, 0.1) is 5.92 Å². The van der Waals surface area contributed by atoms with E-state index in [2.05, 4.69) is 10.6 Å². The van der Waals surface area contributed by atoms with Crippen molar-refractivity contribution in [3.8, 4) is 0 Å². The molecule has 6 atom stereocenters. The van der Waals surface area contributed by atoms with Crippen molar-refractivity contribution < 1.29 is 14.7 Å². The van der Waals surface area contributed by atoms with Crippen molar-refractivity contribution >= 4 is 12.0 Å². The average Bonchev–Trinajstić information content (AvgIpc) is 2.83. The molecule has 0 aromatic heterocycles. The zero-order chi connectivity index (χ0) is 13.9. The largest absolute Gasteiger partial charge is 0.481 e. The Labute approximate surface area is 118 Å². The maximum absolute atomic E-state index is 12.0. The number of amides is 2. The number of fused-ring (bicyclic) bond motifs is 5. The number of hydrogen-bond donors (Lipinski definition) is 3. The Morgan fingerprint density at radius 2 is 1.60 bits per heavy atom. The fraction of sp³-hybridized carbons (Fsp3) is 0.867. The molecule has 110 valence electrons. The number of carboxylic acids is 1. The average molecular weight is 278 g/mol. The Morgan fingerprint density at radius 1 is 0.900 bits per heavy atom. The van der Waals surface area contributed by atoms with Crippen LogP contribution in [0.25, 0.3) is 0 Å². The van der Waals surface area contributed by atoms with Crippen molar-refractivity contribution in [3.05, 3.63) is 0 Å². The molecule has 2 bridgehead atoms. The molecule has 4 aliphatic carbocycles. The summed E-state index contributed by atoms with van der Waals surface area (Å²) in [5, 5.41) is 15.1. The first-order valence-corrected chi connectivity index (χ1v) is 7.93. The third-order valence-corrected chi connectivity index (χ3v) is 6.15. The van der Waals surface area contributed by atoms with Crippen LogP contribution in [0.4, 0.5) is 4.79 Å². The van der Waals surface area contributed by atoms with E-state index in [-0.39, 0.29) is 18.0 Å². The molecular formula is C15H22N2O3. The van der Waals surface area contributed by atoms with Crippen molar-refractivity contribution in [2.24, 2.45) is 29.6 Å². The van der Waals surface area contributed by atoms with E-state index in [1.807, 2.05) is 0 Å². The van der Waals surface area contributed by atoms with Crippen LogP contribution >= 0.6 is 0 Å². The summed E-state index contributed by atoms with van der Waals surface area (Å²) in [5.74, 6) is 2.19. The molecular weight excluding hydrogens is 256 g/mol. The topological polar surface area (TPSA) is 78.4 Å². The van der Waals surface area contributed by atoms with Gasteiger partial charge in [-0.2, -0.15) is 0 Å². The van der Waals surface area contributed by atoms with Crippen molar-refractivity contribution in [3.63, 3.8) is 0 Å². The smallest absolute Gasteiger partial charge is 0.315 e. The summed E-state index contributed by atoms with van der Waals surface area (Å²) in [7, 11) is 0. The van der Waals surface area contributed by atoms with Crippen LogP contribution in [0.1, 0.15) is 38.5 Å². The highest BCUT2D eigenvalue weighted by atomic mass is 16.4. The molecule has 20 heavy (non-hydrogen) atoms. The van der Waals surface area contributed by atoms with Gasteiger partial charge in [0, 0.05) is 12.1 Å². The zero-order valence-corrected chi connectivity index (χ0v) is 11.5. The molecule has 5 nitrogen and oxygen atoms in total. The van der Waals surface area contributed by atoms with Crippen LogP contribution in [0.2, 0.25) is 0 Å². The summed E-state index contributed by atoms with van der Waals surface area (Å²) in [6.45, 7) is 0. The Morgan fingerprint density at radius 3 is 2.20 bits per heavy atom. The Kier molecular flexibility index (Phi) is 2.72. The summed E-state index contributed by atoms with van der Waals surface area (Å²) >= 11 is 0. The van der Waals surface area contributed by atoms with Gasteiger partial charge < -0.3 is 15.7 Å². The molecule has 3 N–H and O–H groups in total. The normalized spacial score (nSPS) is 47.9. The molecule has 0 saturated heterocycles. The highest BCUT2D eigenvalue weighted by Gasteiger charge is 2.65. The summed E-state index contributed by atoms with van der Waals surface area (Å²) in [5.41, 5.74) is 0. The number of carbonyl (C=O) groups is 2.